The summed E-state index contributed by atoms with van der Waals surface area (Å²) in [5.41, 5.74) is 5.27. The van der Waals surface area contributed by atoms with E-state index in [0.717, 1.165) is 5.56 Å². The monoisotopic (exact) mass is 304 g/mol. The zero-order chi connectivity index (χ0) is 15.7. The first-order valence-electron chi connectivity index (χ1n) is 6.27. The van der Waals surface area contributed by atoms with Crippen molar-refractivity contribution in [2.24, 2.45) is 5.73 Å². The van der Waals surface area contributed by atoms with Crippen molar-refractivity contribution in [2.75, 3.05) is 13.1 Å². The average Bonchev–Trinajstić information content (AvgIpc) is 2.73. The molecule has 1 aromatic rings. The minimum absolute atomic E-state index is 0.211. The molecule has 0 aliphatic carbocycles. The third kappa shape index (κ3) is 4.08. The summed E-state index contributed by atoms with van der Waals surface area (Å²) in [6.07, 6.45) is -4.37. The molecule has 1 unspecified atom stereocenters. The van der Waals surface area contributed by atoms with Crippen molar-refractivity contribution in [1.29, 1.82) is 0 Å². The Hall–Kier alpha value is -1.80. The third-order valence-electron chi connectivity index (χ3n) is 3.37. The highest BCUT2D eigenvalue weighted by Crippen LogP contribution is 2.24. The fourth-order valence-electron chi connectivity index (χ4n) is 2.28. The lowest BCUT2D eigenvalue weighted by Crippen LogP contribution is -2.50. The lowest BCUT2D eigenvalue weighted by Gasteiger charge is -2.20. The molecule has 0 spiro atoms. The Bertz CT molecular complexity index is 518. The van der Waals surface area contributed by atoms with E-state index in [1.165, 1.54) is 24.3 Å². The van der Waals surface area contributed by atoms with Gasteiger partial charge in [-0.25, -0.2) is 0 Å². The maximum atomic E-state index is 12.0. The standard InChI is InChI=1S/C13H15F3N2O3/c14-13(15,16)21-10-3-1-9(2-4-10)7-18-6-5-12(17,8-18)11(19)20/h1-4H,5-8,17H2,(H,19,20). The zero-order valence-electron chi connectivity index (χ0n) is 11.1. The highest BCUT2D eigenvalue weighted by Gasteiger charge is 2.41. The molecule has 1 aromatic carbocycles. The molecule has 5 nitrogen and oxygen atoms in total. The van der Waals surface area contributed by atoms with Gasteiger partial charge in [-0.3, -0.25) is 9.69 Å². The minimum Gasteiger partial charge on any atom is -0.480 e. The van der Waals surface area contributed by atoms with Gasteiger partial charge in [-0.1, -0.05) is 12.1 Å². The molecule has 0 bridgehead atoms. The van der Waals surface area contributed by atoms with Crippen LogP contribution in [0.3, 0.4) is 0 Å². The molecule has 1 aliphatic rings. The fraction of sp³-hybridized carbons (Fsp3) is 0.462. The van der Waals surface area contributed by atoms with Crippen molar-refractivity contribution in [3.05, 3.63) is 29.8 Å². The molecule has 0 radical (unpaired) electrons. The first-order chi connectivity index (χ1) is 9.68. The number of benzene rings is 1. The van der Waals surface area contributed by atoms with Gasteiger partial charge >= 0.3 is 12.3 Å². The summed E-state index contributed by atoms with van der Waals surface area (Å²) in [7, 11) is 0. The molecule has 21 heavy (non-hydrogen) atoms. The van der Waals surface area contributed by atoms with Gasteiger partial charge in [0.2, 0.25) is 0 Å². The second kappa shape index (κ2) is 5.53. The lowest BCUT2D eigenvalue weighted by molar-refractivity contribution is -0.274. The number of halogens is 3. The van der Waals surface area contributed by atoms with Crippen LogP contribution in [0.5, 0.6) is 5.75 Å². The summed E-state index contributed by atoms with van der Waals surface area (Å²) in [5, 5.41) is 9.03. The number of rotatable bonds is 4. The predicted molar refractivity (Wildman–Crippen MR) is 67.6 cm³/mol. The number of nitrogens with two attached hydrogens (primary N) is 1. The summed E-state index contributed by atoms with van der Waals surface area (Å²) < 4.78 is 39.9. The van der Waals surface area contributed by atoms with Gasteiger partial charge in [-0.05, 0) is 24.1 Å². The molecule has 0 aromatic heterocycles. The molecule has 1 aliphatic heterocycles. The Morgan fingerprint density at radius 3 is 2.48 bits per heavy atom. The van der Waals surface area contributed by atoms with E-state index in [1.807, 2.05) is 4.90 Å². The molecular weight excluding hydrogens is 289 g/mol. The lowest BCUT2D eigenvalue weighted by atomic mass is 10.0. The number of likely N-dealkylation sites (tertiary alicyclic amines) is 1. The largest absolute Gasteiger partial charge is 0.573 e. The number of nitrogens with zero attached hydrogens (tertiary/aromatic N) is 1. The van der Waals surface area contributed by atoms with Crippen LogP contribution < -0.4 is 10.5 Å². The molecule has 116 valence electrons. The summed E-state index contributed by atoms with van der Waals surface area (Å²) in [6.45, 7) is 1.17. The van der Waals surface area contributed by atoms with Crippen LogP contribution in [-0.4, -0.2) is 41.0 Å². The van der Waals surface area contributed by atoms with Gasteiger partial charge in [0.25, 0.3) is 0 Å². The van der Waals surface area contributed by atoms with Crippen molar-refractivity contribution < 1.29 is 27.8 Å². The van der Waals surface area contributed by atoms with Gasteiger partial charge in [0, 0.05) is 19.6 Å². The first-order valence-corrected chi connectivity index (χ1v) is 6.27. The van der Waals surface area contributed by atoms with Crippen molar-refractivity contribution in [1.82, 2.24) is 4.90 Å². The van der Waals surface area contributed by atoms with Gasteiger partial charge in [0.1, 0.15) is 11.3 Å². The number of carbonyl (C=O) groups is 1. The Balaban J connectivity index is 1.94. The topological polar surface area (TPSA) is 75.8 Å². The highest BCUT2D eigenvalue weighted by molar-refractivity contribution is 5.79. The molecule has 8 heteroatoms. The highest BCUT2D eigenvalue weighted by atomic mass is 19.4. The van der Waals surface area contributed by atoms with Crippen molar-refractivity contribution in [2.45, 2.75) is 24.9 Å². The summed E-state index contributed by atoms with van der Waals surface area (Å²) in [6, 6.07) is 5.48. The molecule has 0 saturated carbocycles. The molecular formula is C13H15F3N2O3. The average molecular weight is 304 g/mol. The normalized spacial score (nSPS) is 23.2. The predicted octanol–water partition coefficient (Wildman–Crippen LogP) is 1.57. The third-order valence-corrected chi connectivity index (χ3v) is 3.37. The van der Waals surface area contributed by atoms with E-state index < -0.39 is 17.9 Å². The smallest absolute Gasteiger partial charge is 0.480 e. The van der Waals surface area contributed by atoms with Gasteiger partial charge in [-0.2, -0.15) is 0 Å². The molecule has 1 saturated heterocycles. The van der Waals surface area contributed by atoms with Crippen molar-refractivity contribution >= 4 is 5.97 Å². The number of hydrogen-bond donors (Lipinski definition) is 2. The summed E-state index contributed by atoms with van der Waals surface area (Å²) in [4.78, 5) is 12.9. The summed E-state index contributed by atoms with van der Waals surface area (Å²) >= 11 is 0. The van der Waals surface area contributed by atoms with Gasteiger partial charge in [0.15, 0.2) is 0 Å². The number of alkyl halides is 3. The van der Waals surface area contributed by atoms with Gasteiger partial charge < -0.3 is 15.6 Å². The van der Waals surface area contributed by atoms with Crippen molar-refractivity contribution in [3.8, 4) is 5.75 Å². The molecule has 1 atom stereocenters. The maximum absolute atomic E-state index is 12.0. The van der Waals surface area contributed by atoms with E-state index in [9.17, 15) is 18.0 Å². The number of carboxylic acids is 1. The van der Waals surface area contributed by atoms with Crippen LogP contribution >= 0.6 is 0 Å². The van der Waals surface area contributed by atoms with E-state index >= 15 is 0 Å². The van der Waals surface area contributed by atoms with Gasteiger partial charge in [0.05, 0.1) is 0 Å². The zero-order valence-corrected chi connectivity index (χ0v) is 11.1. The number of ether oxygens (including phenoxy) is 1. The molecule has 1 fully saturated rings. The molecule has 0 amide bonds. The van der Waals surface area contributed by atoms with Crippen LogP contribution in [0.4, 0.5) is 13.2 Å². The van der Waals surface area contributed by atoms with E-state index in [2.05, 4.69) is 4.74 Å². The number of aliphatic carboxylic acids is 1. The Labute approximate surface area is 119 Å². The van der Waals surface area contributed by atoms with Crippen LogP contribution in [0.25, 0.3) is 0 Å². The minimum atomic E-state index is -4.71. The second-order valence-electron chi connectivity index (χ2n) is 5.11. The van der Waals surface area contributed by atoms with Crippen LogP contribution in [0.1, 0.15) is 12.0 Å². The first kappa shape index (κ1) is 15.6. The quantitative estimate of drug-likeness (QED) is 0.883. The van der Waals surface area contributed by atoms with Crippen LogP contribution in [-0.2, 0) is 11.3 Å². The van der Waals surface area contributed by atoms with Crippen LogP contribution in [0, 0.1) is 0 Å². The molecule has 3 N–H and O–H groups in total. The van der Waals surface area contributed by atoms with E-state index in [-0.39, 0.29) is 12.3 Å². The Morgan fingerprint density at radius 2 is 2.00 bits per heavy atom. The maximum Gasteiger partial charge on any atom is 0.573 e. The van der Waals surface area contributed by atoms with Crippen LogP contribution in [0.2, 0.25) is 0 Å². The molecule has 2 rings (SSSR count). The van der Waals surface area contributed by atoms with Crippen LogP contribution in [0.15, 0.2) is 24.3 Å². The Morgan fingerprint density at radius 1 is 1.38 bits per heavy atom. The van der Waals surface area contributed by atoms with Crippen molar-refractivity contribution in [3.63, 3.8) is 0 Å². The SMILES string of the molecule is NC1(C(=O)O)CCN(Cc2ccc(OC(F)(F)F)cc2)C1. The van der Waals surface area contributed by atoms with E-state index in [1.54, 1.807) is 0 Å². The van der Waals surface area contributed by atoms with E-state index in [0.29, 0.717) is 19.5 Å². The fourth-order valence-corrected chi connectivity index (χ4v) is 2.28. The Kier molecular flexibility index (Phi) is 4.11. The molecule has 1 heterocycles. The summed E-state index contributed by atoms with van der Waals surface area (Å²) in [5.74, 6) is -1.33. The van der Waals surface area contributed by atoms with Gasteiger partial charge in [-0.15, -0.1) is 13.2 Å². The number of carboxylic acid groups (broad SMARTS) is 1. The number of hydrogen-bond acceptors (Lipinski definition) is 4. The second-order valence-corrected chi connectivity index (χ2v) is 5.11. The van der Waals surface area contributed by atoms with E-state index in [4.69, 9.17) is 10.8 Å².